The van der Waals surface area contributed by atoms with Crippen LogP contribution in [0.25, 0.3) is 0 Å². The second kappa shape index (κ2) is 3.94. The van der Waals surface area contributed by atoms with Crippen LogP contribution in [-0.4, -0.2) is 25.8 Å². The van der Waals surface area contributed by atoms with Crippen molar-refractivity contribution in [3.8, 4) is 0 Å². The van der Waals surface area contributed by atoms with Crippen molar-refractivity contribution in [3.63, 3.8) is 0 Å². The van der Waals surface area contributed by atoms with E-state index in [0.29, 0.717) is 6.10 Å². The van der Waals surface area contributed by atoms with Crippen molar-refractivity contribution in [2.24, 2.45) is 0 Å². The lowest BCUT2D eigenvalue weighted by molar-refractivity contribution is 0.0176. The number of methoxy groups -OCH3 is 1. The van der Waals surface area contributed by atoms with Gasteiger partial charge in [0.15, 0.2) is 0 Å². The van der Waals surface area contributed by atoms with Gasteiger partial charge in [0, 0.05) is 13.2 Å². The number of ether oxygens (including phenoxy) is 1. The molecule has 0 aromatic rings. The molecular formula is C8H17NO. The van der Waals surface area contributed by atoms with Gasteiger partial charge in [0.1, 0.15) is 0 Å². The Labute approximate surface area is 63.0 Å². The van der Waals surface area contributed by atoms with Gasteiger partial charge in [-0.1, -0.05) is 6.92 Å². The van der Waals surface area contributed by atoms with E-state index >= 15 is 0 Å². The minimum atomic E-state index is 0.536. The molecule has 0 radical (unpaired) electrons. The number of hydrogen-bond donors (Lipinski definition) is 1. The molecule has 2 nitrogen and oxygen atoms in total. The van der Waals surface area contributed by atoms with Crippen LogP contribution < -0.4 is 5.32 Å². The van der Waals surface area contributed by atoms with Crippen LogP contribution in [0.5, 0.6) is 0 Å². The van der Waals surface area contributed by atoms with Crippen molar-refractivity contribution in [1.29, 1.82) is 0 Å². The van der Waals surface area contributed by atoms with Crippen molar-refractivity contribution in [2.45, 2.75) is 38.3 Å². The van der Waals surface area contributed by atoms with Crippen LogP contribution in [0.2, 0.25) is 0 Å². The molecule has 0 atom stereocenters. The third-order valence-electron chi connectivity index (χ3n) is 2.11. The molecule has 0 aliphatic heterocycles. The summed E-state index contributed by atoms with van der Waals surface area (Å²) in [6.45, 7) is 3.35. The van der Waals surface area contributed by atoms with E-state index in [1.54, 1.807) is 7.11 Å². The van der Waals surface area contributed by atoms with Gasteiger partial charge in [-0.25, -0.2) is 0 Å². The molecule has 0 aromatic carbocycles. The van der Waals surface area contributed by atoms with Crippen molar-refractivity contribution in [3.05, 3.63) is 0 Å². The molecule has 1 rings (SSSR count). The minimum Gasteiger partial charge on any atom is -0.381 e. The summed E-state index contributed by atoms with van der Waals surface area (Å²) < 4.78 is 5.16. The lowest BCUT2D eigenvalue weighted by Crippen LogP contribution is -2.45. The molecule has 0 unspecified atom stereocenters. The number of nitrogens with one attached hydrogen (secondary N) is 1. The van der Waals surface area contributed by atoms with Crippen molar-refractivity contribution in [1.82, 2.24) is 5.32 Å². The van der Waals surface area contributed by atoms with E-state index in [-0.39, 0.29) is 0 Å². The van der Waals surface area contributed by atoms with Crippen LogP contribution in [0.15, 0.2) is 0 Å². The molecule has 0 aromatic heterocycles. The topological polar surface area (TPSA) is 21.3 Å². The van der Waals surface area contributed by atoms with Gasteiger partial charge in [-0.15, -0.1) is 0 Å². The van der Waals surface area contributed by atoms with E-state index in [9.17, 15) is 0 Å². The summed E-state index contributed by atoms with van der Waals surface area (Å²) >= 11 is 0. The maximum atomic E-state index is 5.16. The smallest absolute Gasteiger partial charge is 0.0601 e. The molecule has 1 saturated carbocycles. The molecule has 1 N–H and O–H groups in total. The fraction of sp³-hybridized carbons (Fsp3) is 1.00. The largest absolute Gasteiger partial charge is 0.381 e. The Balaban J connectivity index is 1.93. The molecule has 0 bridgehead atoms. The third-order valence-corrected chi connectivity index (χ3v) is 2.11. The van der Waals surface area contributed by atoms with E-state index in [2.05, 4.69) is 12.2 Å². The molecule has 0 saturated heterocycles. The Bertz CT molecular complexity index is 86.5. The summed E-state index contributed by atoms with van der Waals surface area (Å²) in [6.07, 6.45) is 4.18. The fourth-order valence-corrected chi connectivity index (χ4v) is 1.27. The monoisotopic (exact) mass is 143 g/mol. The molecule has 0 heterocycles. The van der Waals surface area contributed by atoms with Crippen molar-refractivity contribution >= 4 is 0 Å². The Kier molecular flexibility index (Phi) is 3.16. The summed E-state index contributed by atoms with van der Waals surface area (Å²) in [5.41, 5.74) is 0. The Hall–Kier alpha value is -0.0800. The Morgan fingerprint density at radius 3 is 2.70 bits per heavy atom. The average Bonchev–Trinajstić information content (AvgIpc) is 1.86. The molecule has 1 fully saturated rings. The Morgan fingerprint density at radius 2 is 2.20 bits per heavy atom. The highest BCUT2D eigenvalue weighted by molar-refractivity contribution is 4.85. The standard InChI is InChI=1S/C8H17NO/c1-3-4-9-7-5-8(6-7)10-2/h7-9H,3-6H2,1-2H3. The van der Waals surface area contributed by atoms with Crippen LogP contribution in [-0.2, 0) is 4.74 Å². The second-order valence-corrected chi connectivity index (χ2v) is 2.98. The van der Waals surface area contributed by atoms with Gasteiger partial charge in [0.25, 0.3) is 0 Å². The van der Waals surface area contributed by atoms with Crippen LogP contribution in [0.1, 0.15) is 26.2 Å². The Morgan fingerprint density at radius 1 is 1.50 bits per heavy atom. The first kappa shape index (κ1) is 8.02. The maximum Gasteiger partial charge on any atom is 0.0601 e. The lowest BCUT2D eigenvalue weighted by Gasteiger charge is -2.34. The predicted octanol–water partition coefficient (Wildman–Crippen LogP) is 1.16. The molecule has 60 valence electrons. The average molecular weight is 143 g/mol. The highest BCUT2D eigenvalue weighted by Crippen LogP contribution is 2.22. The predicted molar refractivity (Wildman–Crippen MR) is 42.1 cm³/mol. The molecule has 2 heteroatoms. The highest BCUT2D eigenvalue weighted by atomic mass is 16.5. The summed E-state index contributed by atoms with van der Waals surface area (Å²) in [5.74, 6) is 0. The van der Waals surface area contributed by atoms with E-state index in [1.807, 2.05) is 0 Å². The highest BCUT2D eigenvalue weighted by Gasteiger charge is 2.27. The van der Waals surface area contributed by atoms with Crippen LogP contribution >= 0.6 is 0 Å². The van der Waals surface area contributed by atoms with Gasteiger partial charge in [0.2, 0.25) is 0 Å². The first-order valence-electron chi connectivity index (χ1n) is 4.13. The van der Waals surface area contributed by atoms with Crippen LogP contribution in [0, 0.1) is 0 Å². The summed E-state index contributed by atoms with van der Waals surface area (Å²) in [7, 11) is 1.79. The van der Waals surface area contributed by atoms with Crippen molar-refractivity contribution in [2.75, 3.05) is 13.7 Å². The quantitative estimate of drug-likeness (QED) is 0.637. The SMILES string of the molecule is CCCNC1CC(OC)C1. The summed E-state index contributed by atoms with van der Waals surface area (Å²) in [4.78, 5) is 0. The van der Waals surface area contributed by atoms with Gasteiger partial charge in [-0.05, 0) is 25.8 Å². The second-order valence-electron chi connectivity index (χ2n) is 2.98. The van der Waals surface area contributed by atoms with Gasteiger partial charge in [-0.3, -0.25) is 0 Å². The zero-order valence-corrected chi connectivity index (χ0v) is 6.89. The van der Waals surface area contributed by atoms with Gasteiger partial charge in [0.05, 0.1) is 6.10 Å². The molecule has 0 spiro atoms. The molecule has 0 amide bonds. The van der Waals surface area contributed by atoms with Gasteiger partial charge in [-0.2, -0.15) is 0 Å². The van der Waals surface area contributed by atoms with Gasteiger partial charge < -0.3 is 10.1 Å². The van der Waals surface area contributed by atoms with Crippen LogP contribution in [0.4, 0.5) is 0 Å². The van der Waals surface area contributed by atoms with Crippen LogP contribution in [0.3, 0.4) is 0 Å². The first-order chi connectivity index (χ1) is 4.86. The van der Waals surface area contributed by atoms with E-state index < -0.39 is 0 Å². The van der Waals surface area contributed by atoms with E-state index in [0.717, 1.165) is 12.6 Å². The van der Waals surface area contributed by atoms with E-state index in [4.69, 9.17) is 4.74 Å². The first-order valence-corrected chi connectivity index (χ1v) is 4.13. The minimum absolute atomic E-state index is 0.536. The third kappa shape index (κ3) is 1.96. The molecule has 1 aliphatic rings. The van der Waals surface area contributed by atoms with Gasteiger partial charge >= 0.3 is 0 Å². The zero-order chi connectivity index (χ0) is 7.40. The maximum absolute atomic E-state index is 5.16. The normalized spacial score (nSPS) is 31.8. The number of rotatable bonds is 4. The summed E-state index contributed by atoms with van der Waals surface area (Å²) in [6, 6.07) is 0.741. The van der Waals surface area contributed by atoms with E-state index in [1.165, 1.54) is 19.3 Å². The molecule has 10 heavy (non-hydrogen) atoms. The fourth-order valence-electron chi connectivity index (χ4n) is 1.27. The number of hydrogen-bond acceptors (Lipinski definition) is 2. The lowest BCUT2D eigenvalue weighted by atomic mass is 9.89. The summed E-state index contributed by atoms with van der Waals surface area (Å²) in [5, 5.41) is 3.45. The zero-order valence-electron chi connectivity index (χ0n) is 6.89. The molecule has 1 aliphatic carbocycles. The molecular weight excluding hydrogens is 126 g/mol. The van der Waals surface area contributed by atoms with Crippen molar-refractivity contribution < 1.29 is 4.74 Å².